The summed E-state index contributed by atoms with van der Waals surface area (Å²) in [6, 6.07) is 18.3. The number of carbonyl (C=O) groups is 3. The monoisotopic (exact) mass is 608 g/mol. The van der Waals surface area contributed by atoms with Crippen LogP contribution >= 0.6 is 0 Å². The molecule has 3 aliphatic carbocycles. The minimum atomic E-state index is -2.46. The van der Waals surface area contributed by atoms with Crippen LogP contribution in [0, 0.1) is 18.8 Å². The lowest BCUT2D eigenvalue weighted by Gasteiger charge is -2.46. The van der Waals surface area contributed by atoms with E-state index < -0.39 is 40.5 Å². The fraction of sp³-hybridized carbons (Fsp3) is 0.324. The number of aromatic hydroxyl groups is 1. The molecule has 3 N–H and O–H groups in total. The van der Waals surface area contributed by atoms with Crippen molar-refractivity contribution < 1.29 is 39.2 Å². The third-order valence-corrected chi connectivity index (χ3v) is 9.34. The van der Waals surface area contributed by atoms with Gasteiger partial charge in [-0.25, -0.2) is 0 Å². The van der Waals surface area contributed by atoms with Gasteiger partial charge in [0.1, 0.15) is 35.2 Å². The van der Waals surface area contributed by atoms with E-state index in [9.17, 15) is 29.7 Å². The van der Waals surface area contributed by atoms with Crippen LogP contribution in [0.2, 0.25) is 0 Å². The number of phenolic OH excluding ortho intramolecular Hbond substituents is 1. The molecule has 8 heteroatoms. The highest BCUT2D eigenvalue weighted by atomic mass is 16.5. The molecule has 3 aromatic carbocycles. The molecule has 3 aliphatic rings. The molecular weight excluding hydrogens is 572 g/mol. The molecule has 0 spiro atoms. The molecule has 0 saturated heterocycles. The fourth-order valence-corrected chi connectivity index (χ4v) is 7.03. The molecule has 0 aliphatic heterocycles. The van der Waals surface area contributed by atoms with Crippen LogP contribution in [0.3, 0.4) is 0 Å². The normalized spacial score (nSPS) is 22.5. The van der Waals surface area contributed by atoms with E-state index in [-0.39, 0.29) is 60.5 Å². The fourth-order valence-electron chi connectivity index (χ4n) is 7.03. The van der Waals surface area contributed by atoms with Crippen LogP contribution in [0.1, 0.15) is 60.2 Å². The van der Waals surface area contributed by atoms with Crippen molar-refractivity contribution in [3.05, 3.63) is 106 Å². The second kappa shape index (κ2) is 11.7. The van der Waals surface area contributed by atoms with Crippen LogP contribution in [0.25, 0.3) is 11.1 Å². The quantitative estimate of drug-likeness (QED) is 0.261. The van der Waals surface area contributed by atoms with E-state index >= 15 is 0 Å². The van der Waals surface area contributed by atoms with Crippen LogP contribution in [0.15, 0.2) is 83.3 Å². The van der Waals surface area contributed by atoms with Crippen LogP contribution in [0.4, 0.5) is 0 Å². The Morgan fingerprint density at radius 2 is 1.73 bits per heavy atom. The summed E-state index contributed by atoms with van der Waals surface area (Å²) in [5.41, 5.74) is 1.18. The Balaban J connectivity index is 1.43. The predicted molar refractivity (Wildman–Crippen MR) is 167 cm³/mol. The minimum absolute atomic E-state index is 0.00699. The smallest absolute Gasteiger partial charge is 0.209 e. The van der Waals surface area contributed by atoms with Gasteiger partial charge in [0.2, 0.25) is 5.78 Å². The van der Waals surface area contributed by atoms with Crippen molar-refractivity contribution in [2.45, 2.75) is 58.7 Å². The molecular formula is C37H36O8. The molecule has 0 aromatic heterocycles. The highest BCUT2D eigenvalue weighted by molar-refractivity contribution is 6.25. The van der Waals surface area contributed by atoms with Gasteiger partial charge in [0.05, 0.1) is 12.2 Å². The molecule has 0 amide bonds. The van der Waals surface area contributed by atoms with Crippen molar-refractivity contribution in [2.75, 3.05) is 6.61 Å². The Labute approximate surface area is 261 Å². The van der Waals surface area contributed by atoms with E-state index in [0.717, 1.165) is 22.3 Å². The van der Waals surface area contributed by atoms with Gasteiger partial charge < -0.3 is 24.8 Å². The molecule has 6 rings (SSSR count). The van der Waals surface area contributed by atoms with Crippen LogP contribution < -0.4 is 4.74 Å². The highest BCUT2D eigenvalue weighted by Gasteiger charge is 2.60. The molecule has 45 heavy (non-hydrogen) atoms. The maximum Gasteiger partial charge on any atom is 0.209 e. The maximum atomic E-state index is 14.1. The predicted octanol–water partition coefficient (Wildman–Crippen LogP) is 6.11. The Morgan fingerprint density at radius 1 is 0.978 bits per heavy atom. The van der Waals surface area contributed by atoms with Crippen molar-refractivity contribution in [2.24, 2.45) is 11.8 Å². The third kappa shape index (κ3) is 4.93. The summed E-state index contributed by atoms with van der Waals surface area (Å²) < 4.78 is 11.9. The first-order chi connectivity index (χ1) is 21.6. The molecule has 0 fully saturated rings. The Bertz CT molecular complexity index is 1780. The Kier molecular flexibility index (Phi) is 7.87. The summed E-state index contributed by atoms with van der Waals surface area (Å²) in [5.74, 6) is -3.59. The summed E-state index contributed by atoms with van der Waals surface area (Å²) in [4.78, 5) is 41.1. The number of aliphatic hydroxyl groups is 2. The zero-order chi connectivity index (χ0) is 32.0. The number of ketones is 3. The van der Waals surface area contributed by atoms with Crippen molar-refractivity contribution >= 4 is 17.3 Å². The number of allylic oxidation sites excluding steroid dienone is 2. The number of hydrogen-bond acceptors (Lipinski definition) is 8. The van der Waals surface area contributed by atoms with Crippen molar-refractivity contribution in [3.63, 3.8) is 0 Å². The van der Waals surface area contributed by atoms with Gasteiger partial charge in [0, 0.05) is 24.3 Å². The number of ether oxygens (including phenoxy) is 2. The summed E-state index contributed by atoms with van der Waals surface area (Å²) >= 11 is 0. The van der Waals surface area contributed by atoms with Gasteiger partial charge in [-0.05, 0) is 72.6 Å². The van der Waals surface area contributed by atoms with Crippen LogP contribution in [-0.2, 0) is 27.4 Å². The van der Waals surface area contributed by atoms with Crippen molar-refractivity contribution in [3.8, 4) is 22.6 Å². The largest absolute Gasteiger partial charge is 0.508 e. The Hall–Kier alpha value is -4.69. The first-order valence-electron chi connectivity index (χ1n) is 15.4. The van der Waals surface area contributed by atoms with Crippen molar-refractivity contribution in [1.82, 2.24) is 0 Å². The Morgan fingerprint density at radius 3 is 2.44 bits per heavy atom. The summed E-state index contributed by atoms with van der Waals surface area (Å²) in [6.45, 7) is 6.08. The molecule has 3 aromatic rings. The number of rotatable bonds is 8. The number of phenols is 1. The minimum Gasteiger partial charge on any atom is -0.508 e. The molecule has 0 heterocycles. The number of Topliss-reactive ketones (excluding diaryl/α,β-unsaturated/α-hetero) is 3. The average molecular weight is 609 g/mol. The van der Waals surface area contributed by atoms with Gasteiger partial charge in [0.25, 0.3) is 0 Å². The van der Waals surface area contributed by atoms with Crippen LogP contribution in [-0.4, -0.2) is 44.9 Å². The van der Waals surface area contributed by atoms with Crippen LogP contribution in [0.5, 0.6) is 11.5 Å². The lowest BCUT2D eigenvalue weighted by Crippen LogP contribution is -2.56. The van der Waals surface area contributed by atoms with Gasteiger partial charge in [-0.15, -0.1) is 0 Å². The van der Waals surface area contributed by atoms with E-state index in [0.29, 0.717) is 17.9 Å². The van der Waals surface area contributed by atoms with Gasteiger partial charge >= 0.3 is 0 Å². The number of benzene rings is 3. The van der Waals surface area contributed by atoms with Gasteiger partial charge in [-0.2, -0.15) is 0 Å². The summed E-state index contributed by atoms with van der Waals surface area (Å²) in [6.07, 6.45) is 0.500. The molecule has 232 valence electrons. The first kappa shape index (κ1) is 30.3. The standard InChI is InChI=1S/C37H36O8/c1-4-27(38)33-30(45-19-21-9-7-6-8-10-21)18-24-15-23-16-26-25(22-12-11-20(3)29(17-22)44-5-2)13-14-28(39)32(26)34(40)31(23)35(41)37(24,43)36(33)42/h6-14,17,23-24,39,41,43H,4-5,15-16,18-19H2,1-3H3/t23-,24+,37+/m1/s1. The average Bonchev–Trinajstić information content (AvgIpc) is 3.03. The zero-order valence-corrected chi connectivity index (χ0v) is 25.6. The topological polar surface area (TPSA) is 130 Å². The molecule has 0 bridgehead atoms. The van der Waals surface area contributed by atoms with E-state index in [1.165, 1.54) is 6.07 Å². The lowest BCUT2D eigenvalue weighted by molar-refractivity contribution is -0.145. The summed E-state index contributed by atoms with van der Waals surface area (Å²) in [7, 11) is 0. The van der Waals surface area contributed by atoms with E-state index in [4.69, 9.17) is 9.47 Å². The number of aliphatic hydroxyl groups excluding tert-OH is 1. The van der Waals surface area contributed by atoms with Gasteiger partial charge in [-0.3, -0.25) is 14.4 Å². The first-order valence-corrected chi connectivity index (χ1v) is 15.4. The lowest BCUT2D eigenvalue weighted by atomic mass is 9.59. The number of carbonyl (C=O) groups excluding carboxylic acids is 3. The second-order valence-corrected chi connectivity index (χ2v) is 12.0. The van der Waals surface area contributed by atoms with E-state index in [1.807, 2.05) is 62.4 Å². The molecule has 8 nitrogen and oxygen atoms in total. The highest BCUT2D eigenvalue weighted by Crippen LogP contribution is 2.53. The molecule has 0 radical (unpaired) electrons. The van der Waals surface area contributed by atoms with E-state index in [1.54, 1.807) is 13.0 Å². The van der Waals surface area contributed by atoms with E-state index in [2.05, 4.69) is 0 Å². The maximum absolute atomic E-state index is 14.1. The second-order valence-electron chi connectivity index (χ2n) is 12.0. The number of hydrogen-bond donors (Lipinski definition) is 3. The number of fused-ring (bicyclic) bond motifs is 3. The summed E-state index contributed by atoms with van der Waals surface area (Å²) in [5, 5.41) is 34.4. The van der Waals surface area contributed by atoms with Gasteiger partial charge in [-0.1, -0.05) is 55.5 Å². The molecule has 3 atom stereocenters. The zero-order valence-electron chi connectivity index (χ0n) is 25.6. The van der Waals surface area contributed by atoms with Gasteiger partial charge in [0.15, 0.2) is 17.2 Å². The van der Waals surface area contributed by atoms with Crippen molar-refractivity contribution in [1.29, 1.82) is 0 Å². The molecule has 0 saturated carbocycles. The number of aryl methyl sites for hydroxylation is 1. The SMILES string of the molecule is CCOc1cc(-c2ccc(O)c3c2C[C@H]2C[C@H]4CC(OCc5ccccc5)=C(C(=O)CC)C(=O)[C@@]4(O)C(O)=C2C3=O)ccc1C. The molecule has 0 unspecified atom stereocenters. The third-order valence-electron chi connectivity index (χ3n) is 9.34.